The molecule has 0 radical (unpaired) electrons. The van der Waals surface area contributed by atoms with Crippen LogP contribution in [0.3, 0.4) is 0 Å². The van der Waals surface area contributed by atoms with Crippen LogP contribution in [0.4, 0.5) is 30.7 Å². The summed E-state index contributed by atoms with van der Waals surface area (Å²) >= 11 is 0. The molecule has 0 amide bonds. The van der Waals surface area contributed by atoms with Gasteiger partial charge in [-0.3, -0.25) is 0 Å². The third kappa shape index (κ3) is 5.67. The first-order valence-electron chi connectivity index (χ1n) is 7.69. The van der Waals surface area contributed by atoms with Crippen molar-refractivity contribution in [1.82, 2.24) is 0 Å². The second-order valence-electron chi connectivity index (χ2n) is 5.85. The number of hydrogen-bond acceptors (Lipinski definition) is 2. The van der Waals surface area contributed by atoms with Crippen molar-refractivity contribution in [3.05, 3.63) is 59.7 Å². The molecule has 1 N–H and O–H groups in total. The molecule has 0 saturated heterocycles. The molecule has 0 aliphatic carbocycles. The Balaban J connectivity index is 2.03. The minimum atomic E-state index is -5.45. The number of rotatable bonds is 7. The standard InChI is InChI=1S/C18H15F7O2/c19-16(20,11-17(21,22)23)18(24,25)27-10-13-3-7-15(8-4-13)14-5-1-12(9-26)2-6-14/h1-8,26H,9-11H2. The summed E-state index contributed by atoms with van der Waals surface area (Å²) in [5.41, 5.74) is 2.25. The van der Waals surface area contributed by atoms with Crippen molar-refractivity contribution in [3.63, 3.8) is 0 Å². The van der Waals surface area contributed by atoms with Gasteiger partial charge in [0.25, 0.3) is 0 Å². The van der Waals surface area contributed by atoms with E-state index in [1.54, 1.807) is 24.3 Å². The van der Waals surface area contributed by atoms with E-state index in [-0.39, 0.29) is 12.2 Å². The van der Waals surface area contributed by atoms with E-state index >= 15 is 0 Å². The summed E-state index contributed by atoms with van der Waals surface area (Å²) in [6.07, 6.45) is -13.7. The van der Waals surface area contributed by atoms with E-state index in [1.165, 1.54) is 24.3 Å². The van der Waals surface area contributed by atoms with Crippen molar-refractivity contribution in [1.29, 1.82) is 0 Å². The Morgan fingerprint density at radius 3 is 1.56 bits per heavy atom. The molecule has 9 heteroatoms. The summed E-state index contributed by atoms with van der Waals surface area (Å²) < 4.78 is 92.8. The molecule has 0 aromatic heterocycles. The molecular weight excluding hydrogens is 381 g/mol. The topological polar surface area (TPSA) is 29.5 Å². The van der Waals surface area contributed by atoms with E-state index in [0.29, 0.717) is 11.1 Å². The minimum absolute atomic E-state index is 0.0909. The highest BCUT2D eigenvalue weighted by Crippen LogP contribution is 2.43. The Hall–Kier alpha value is -2.13. The van der Waals surface area contributed by atoms with Gasteiger partial charge in [0.05, 0.1) is 13.2 Å². The normalized spacial score (nSPS) is 13.0. The molecule has 27 heavy (non-hydrogen) atoms. The second-order valence-corrected chi connectivity index (χ2v) is 5.85. The maximum Gasteiger partial charge on any atom is 0.420 e. The SMILES string of the molecule is OCc1ccc(-c2ccc(COC(F)(F)C(F)(F)CC(F)(F)F)cc2)cc1. The van der Waals surface area contributed by atoms with Crippen molar-refractivity contribution in [3.8, 4) is 11.1 Å². The molecule has 0 heterocycles. The average Bonchev–Trinajstić information content (AvgIpc) is 2.58. The molecule has 0 spiro atoms. The van der Waals surface area contributed by atoms with Gasteiger partial charge in [0.2, 0.25) is 0 Å². The Bertz CT molecular complexity index is 738. The van der Waals surface area contributed by atoms with Crippen LogP contribution in [-0.4, -0.2) is 23.3 Å². The van der Waals surface area contributed by atoms with Crippen molar-refractivity contribution >= 4 is 0 Å². The van der Waals surface area contributed by atoms with Crippen LogP contribution in [-0.2, 0) is 18.0 Å². The monoisotopic (exact) mass is 396 g/mol. The zero-order chi connectivity index (χ0) is 20.3. The Labute approximate surface area is 150 Å². The maximum absolute atomic E-state index is 13.3. The first-order chi connectivity index (χ1) is 12.4. The van der Waals surface area contributed by atoms with E-state index in [9.17, 15) is 30.7 Å². The van der Waals surface area contributed by atoms with Gasteiger partial charge in [-0.05, 0) is 22.3 Å². The van der Waals surface area contributed by atoms with Crippen LogP contribution in [0, 0.1) is 0 Å². The Morgan fingerprint density at radius 1 is 0.704 bits per heavy atom. The molecule has 0 bridgehead atoms. The predicted octanol–water partition coefficient (Wildman–Crippen LogP) is 5.54. The van der Waals surface area contributed by atoms with Crippen LogP contribution in [0.1, 0.15) is 17.5 Å². The molecule has 2 aromatic carbocycles. The summed E-state index contributed by atoms with van der Waals surface area (Å²) in [6, 6.07) is 12.6. The molecule has 0 aliphatic heterocycles. The number of halogens is 7. The predicted molar refractivity (Wildman–Crippen MR) is 83.2 cm³/mol. The fourth-order valence-electron chi connectivity index (χ4n) is 2.23. The van der Waals surface area contributed by atoms with Crippen LogP contribution < -0.4 is 0 Å². The molecule has 2 aromatic rings. The van der Waals surface area contributed by atoms with E-state index < -0.39 is 31.2 Å². The Kier molecular flexibility index (Phi) is 6.16. The second kappa shape index (κ2) is 7.85. The smallest absolute Gasteiger partial charge is 0.392 e. The van der Waals surface area contributed by atoms with Crippen LogP contribution in [0.5, 0.6) is 0 Å². The zero-order valence-corrected chi connectivity index (χ0v) is 13.7. The van der Waals surface area contributed by atoms with Gasteiger partial charge >= 0.3 is 18.2 Å². The van der Waals surface area contributed by atoms with E-state index in [2.05, 4.69) is 4.74 Å². The van der Waals surface area contributed by atoms with Crippen LogP contribution in [0.15, 0.2) is 48.5 Å². The first kappa shape index (κ1) is 21.2. The quantitative estimate of drug-likeness (QED) is 0.623. The summed E-state index contributed by atoms with van der Waals surface area (Å²) in [5.74, 6) is -5.38. The fourth-order valence-corrected chi connectivity index (χ4v) is 2.23. The zero-order valence-electron chi connectivity index (χ0n) is 13.7. The third-order valence-corrected chi connectivity index (χ3v) is 3.69. The van der Waals surface area contributed by atoms with Gasteiger partial charge < -0.3 is 9.84 Å². The Morgan fingerprint density at radius 2 is 1.15 bits per heavy atom. The van der Waals surface area contributed by atoms with Gasteiger partial charge in [-0.25, -0.2) is 0 Å². The lowest BCUT2D eigenvalue weighted by atomic mass is 10.0. The number of aliphatic hydroxyl groups excluding tert-OH is 1. The summed E-state index contributed by atoms with van der Waals surface area (Å²) in [4.78, 5) is 0. The van der Waals surface area contributed by atoms with E-state index in [1.807, 2.05) is 0 Å². The van der Waals surface area contributed by atoms with Crippen molar-refractivity contribution in [2.75, 3.05) is 0 Å². The number of hydrogen-bond donors (Lipinski definition) is 1. The average molecular weight is 396 g/mol. The van der Waals surface area contributed by atoms with Gasteiger partial charge in [-0.15, -0.1) is 0 Å². The lowest BCUT2D eigenvalue weighted by Gasteiger charge is -2.26. The largest absolute Gasteiger partial charge is 0.420 e. The number of aliphatic hydroxyl groups is 1. The van der Waals surface area contributed by atoms with Crippen molar-refractivity contribution in [2.24, 2.45) is 0 Å². The first-order valence-corrected chi connectivity index (χ1v) is 7.69. The van der Waals surface area contributed by atoms with Gasteiger partial charge in [0.1, 0.15) is 6.42 Å². The molecule has 0 saturated carbocycles. The molecule has 0 atom stereocenters. The minimum Gasteiger partial charge on any atom is -0.392 e. The van der Waals surface area contributed by atoms with Crippen LogP contribution >= 0.6 is 0 Å². The van der Waals surface area contributed by atoms with Crippen LogP contribution in [0.2, 0.25) is 0 Å². The van der Waals surface area contributed by atoms with E-state index in [4.69, 9.17) is 5.11 Å². The number of benzene rings is 2. The number of alkyl halides is 7. The molecule has 0 unspecified atom stereocenters. The lowest BCUT2D eigenvalue weighted by Crippen LogP contribution is -2.45. The van der Waals surface area contributed by atoms with Gasteiger partial charge in [0.15, 0.2) is 0 Å². The molecule has 148 valence electrons. The summed E-state index contributed by atoms with van der Waals surface area (Å²) in [5, 5.41) is 8.99. The molecule has 0 aliphatic rings. The lowest BCUT2D eigenvalue weighted by molar-refractivity contribution is -0.369. The summed E-state index contributed by atoms with van der Waals surface area (Å²) in [6.45, 7) is -1.10. The van der Waals surface area contributed by atoms with Gasteiger partial charge in [-0.2, -0.15) is 30.7 Å². The van der Waals surface area contributed by atoms with Gasteiger partial charge in [-0.1, -0.05) is 48.5 Å². The van der Waals surface area contributed by atoms with Gasteiger partial charge in [0, 0.05) is 0 Å². The van der Waals surface area contributed by atoms with Crippen LogP contribution in [0.25, 0.3) is 11.1 Å². The summed E-state index contributed by atoms with van der Waals surface area (Å²) in [7, 11) is 0. The fraction of sp³-hybridized carbons (Fsp3) is 0.333. The third-order valence-electron chi connectivity index (χ3n) is 3.69. The molecule has 2 rings (SSSR count). The van der Waals surface area contributed by atoms with Crippen molar-refractivity contribution in [2.45, 2.75) is 37.8 Å². The highest BCUT2D eigenvalue weighted by Gasteiger charge is 2.62. The number of ether oxygens (including phenoxy) is 1. The highest BCUT2D eigenvalue weighted by molar-refractivity contribution is 5.63. The maximum atomic E-state index is 13.3. The molecular formula is C18H15F7O2. The molecule has 2 nitrogen and oxygen atoms in total. The molecule has 0 fully saturated rings. The van der Waals surface area contributed by atoms with E-state index in [0.717, 1.165) is 5.56 Å². The highest BCUT2D eigenvalue weighted by atomic mass is 19.4. The van der Waals surface area contributed by atoms with Crippen molar-refractivity contribution < 1.29 is 40.6 Å².